The summed E-state index contributed by atoms with van der Waals surface area (Å²) in [6, 6.07) is 10.4. The summed E-state index contributed by atoms with van der Waals surface area (Å²) in [6.45, 7) is -0.0616. The highest BCUT2D eigenvalue weighted by atomic mass is 19.4. The summed E-state index contributed by atoms with van der Waals surface area (Å²) < 4.78 is 39.2. The molecule has 0 radical (unpaired) electrons. The first kappa shape index (κ1) is 17.8. The largest absolute Gasteiger partial charge is 0.418 e. The zero-order valence-electron chi connectivity index (χ0n) is 12.7. The molecular weight excluding hydrogens is 319 g/mol. The lowest BCUT2D eigenvalue weighted by Crippen LogP contribution is -2.22. The number of rotatable bonds is 6. The predicted octanol–water partition coefficient (Wildman–Crippen LogP) is 3.24. The van der Waals surface area contributed by atoms with Crippen molar-refractivity contribution < 1.29 is 18.3 Å². The van der Waals surface area contributed by atoms with Crippen LogP contribution < -0.4 is 5.32 Å². The number of benzene rings is 1. The Balaban J connectivity index is 2.13. The standard InChI is InChI=1S/C17H16F3N3O/c18-17(19,20)15-5-4-12(9-21)8-16(15)23-10-13(11-24)7-14-3-1-2-6-22-14/h1-6,8,13,23-24H,7,10-11H2. The molecule has 7 heteroatoms. The maximum atomic E-state index is 13.1. The molecule has 4 nitrogen and oxygen atoms in total. The zero-order valence-corrected chi connectivity index (χ0v) is 12.7. The Morgan fingerprint density at radius 3 is 2.62 bits per heavy atom. The van der Waals surface area contributed by atoms with E-state index in [1.54, 1.807) is 18.3 Å². The van der Waals surface area contributed by atoms with Crippen LogP contribution in [0.1, 0.15) is 16.8 Å². The Hall–Kier alpha value is -2.59. The Kier molecular flexibility index (Phi) is 5.77. The zero-order chi connectivity index (χ0) is 17.6. The molecule has 2 rings (SSSR count). The summed E-state index contributed by atoms with van der Waals surface area (Å²) in [5, 5.41) is 21.0. The van der Waals surface area contributed by atoms with Gasteiger partial charge in [-0.2, -0.15) is 18.4 Å². The maximum absolute atomic E-state index is 13.1. The number of halogens is 3. The van der Waals surface area contributed by atoms with E-state index in [1.807, 2.05) is 12.1 Å². The molecule has 0 fully saturated rings. The van der Waals surface area contributed by atoms with E-state index in [9.17, 15) is 18.3 Å². The number of hydrogen-bond acceptors (Lipinski definition) is 4. The number of nitrogens with zero attached hydrogens (tertiary/aromatic N) is 2. The fraction of sp³-hybridized carbons (Fsp3) is 0.294. The molecule has 1 unspecified atom stereocenters. The molecule has 1 atom stereocenters. The van der Waals surface area contributed by atoms with Crippen molar-refractivity contribution in [2.24, 2.45) is 5.92 Å². The van der Waals surface area contributed by atoms with E-state index in [-0.39, 0.29) is 30.3 Å². The molecule has 1 heterocycles. The maximum Gasteiger partial charge on any atom is 0.418 e. The molecule has 0 bridgehead atoms. The fourth-order valence-electron chi connectivity index (χ4n) is 2.28. The summed E-state index contributed by atoms with van der Waals surface area (Å²) in [6.07, 6.45) is -2.47. The number of anilines is 1. The van der Waals surface area contributed by atoms with Gasteiger partial charge in [-0.15, -0.1) is 0 Å². The van der Waals surface area contributed by atoms with Gasteiger partial charge in [0.15, 0.2) is 0 Å². The minimum Gasteiger partial charge on any atom is -0.396 e. The second-order valence-electron chi connectivity index (χ2n) is 5.32. The van der Waals surface area contributed by atoms with Crippen molar-refractivity contribution in [3.63, 3.8) is 0 Å². The second kappa shape index (κ2) is 7.79. The Morgan fingerprint density at radius 1 is 1.25 bits per heavy atom. The number of aliphatic hydroxyl groups is 1. The first-order valence-corrected chi connectivity index (χ1v) is 7.30. The number of nitriles is 1. The Morgan fingerprint density at radius 2 is 2.04 bits per heavy atom. The molecule has 1 aromatic heterocycles. The molecule has 0 saturated heterocycles. The molecule has 0 spiro atoms. The number of pyridine rings is 1. The normalized spacial score (nSPS) is 12.5. The lowest BCUT2D eigenvalue weighted by atomic mass is 10.0. The fourth-order valence-corrected chi connectivity index (χ4v) is 2.28. The van der Waals surface area contributed by atoms with Gasteiger partial charge in [0, 0.05) is 36.6 Å². The van der Waals surface area contributed by atoms with Gasteiger partial charge in [-0.05, 0) is 36.8 Å². The molecule has 2 N–H and O–H groups in total. The molecule has 1 aromatic carbocycles. The van der Waals surface area contributed by atoms with E-state index in [0.717, 1.165) is 23.9 Å². The number of nitrogens with one attached hydrogen (secondary N) is 1. The summed E-state index contributed by atoms with van der Waals surface area (Å²) >= 11 is 0. The highest BCUT2D eigenvalue weighted by Gasteiger charge is 2.33. The second-order valence-corrected chi connectivity index (χ2v) is 5.32. The van der Waals surface area contributed by atoms with E-state index in [1.165, 1.54) is 0 Å². The first-order chi connectivity index (χ1) is 11.4. The Bertz CT molecular complexity index is 711. The number of alkyl halides is 3. The SMILES string of the molecule is N#Cc1ccc(C(F)(F)F)c(NCC(CO)Cc2ccccn2)c1. The summed E-state index contributed by atoms with van der Waals surface area (Å²) in [5.41, 5.74) is -0.118. The minimum absolute atomic E-state index is 0.130. The topological polar surface area (TPSA) is 68.9 Å². The van der Waals surface area contributed by atoms with Crippen LogP contribution in [0.3, 0.4) is 0 Å². The van der Waals surface area contributed by atoms with E-state index < -0.39 is 11.7 Å². The van der Waals surface area contributed by atoms with Gasteiger partial charge in [0.25, 0.3) is 0 Å². The van der Waals surface area contributed by atoms with Crippen LogP contribution in [-0.4, -0.2) is 23.2 Å². The molecule has 126 valence electrons. The van der Waals surface area contributed by atoms with Crippen LogP contribution in [-0.2, 0) is 12.6 Å². The predicted molar refractivity (Wildman–Crippen MR) is 83.2 cm³/mol. The van der Waals surface area contributed by atoms with Crippen LogP contribution in [0, 0.1) is 17.2 Å². The average molecular weight is 335 g/mol. The third-order valence-electron chi connectivity index (χ3n) is 3.52. The number of aliphatic hydroxyl groups excluding tert-OH is 1. The quantitative estimate of drug-likeness (QED) is 0.850. The van der Waals surface area contributed by atoms with Crippen molar-refractivity contribution >= 4 is 5.69 Å². The van der Waals surface area contributed by atoms with Crippen molar-refractivity contribution in [3.05, 3.63) is 59.4 Å². The summed E-state index contributed by atoms with van der Waals surface area (Å²) in [7, 11) is 0. The molecule has 0 aliphatic heterocycles. The van der Waals surface area contributed by atoms with Crippen LogP contribution >= 0.6 is 0 Å². The van der Waals surface area contributed by atoms with E-state index in [4.69, 9.17) is 5.26 Å². The van der Waals surface area contributed by atoms with Crippen molar-refractivity contribution in [1.29, 1.82) is 5.26 Å². The van der Waals surface area contributed by atoms with Crippen molar-refractivity contribution in [2.75, 3.05) is 18.5 Å². The summed E-state index contributed by atoms with van der Waals surface area (Å²) in [4.78, 5) is 4.14. The minimum atomic E-state index is -4.52. The third-order valence-corrected chi connectivity index (χ3v) is 3.52. The molecule has 2 aromatic rings. The van der Waals surface area contributed by atoms with Gasteiger partial charge in [-0.3, -0.25) is 4.98 Å². The van der Waals surface area contributed by atoms with Crippen LogP contribution in [0.2, 0.25) is 0 Å². The van der Waals surface area contributed by atoms with Gasteiger partial charge in [0.05, 0.1) is 17.2 Å². The molecule has 0 saturated carbocycles. The van der Waals surface area contributed by atoms with Crippen LogP contribution in [0.5, 0.6) is 0 Å². The van der Waals surface area contributed by atoms with E-state index in [2.05, 4.69) is 10.3 Å². The van der Waals surface area contributed by atoms with Gasteiger partial charge in [0.2, 0.25) is 0 Å². The Labute approximate surface area is 137 Å². The number of hydrogen-bond donors (Lipinski definition) is 2. The molecule has 0 aliphatic carbocycles. The van der Waals surface area contributed by atoms with Crippen LogP contribution in [0.15, 0.2) is 42.6 Å². The van der Waals surface area contributed by atoms with Gasteiger partial charge < -0.3 is 10.4 Å². The van der Waals surface area contributed by atoms with E-state index in [0.29, 0.717) is 6.42 Å². The van der Waals surface area contributed by atoms with Crippen molar-refractivity contribution in [3.8, 4) is 6.07 Å². The number of aromatic nitrogens is 1. The van der Waals surface area contributed by atoms with Gasteiger partial charge in [-0.1, -0.05) is 6.07 Å². The lowest BCUT2D eigenvalue weighted by Gasteiger charge is -2.19. The first-order valence-electron chi connectivity index (χ1n) is 7.30. The van der Waals surface area contributed by atoms with Gasteiger partial charge in [0.1, 0.15) is 0 Å². The highest BCUT2D eigenvalue weighted by Crippen LogP contribution is 2.35. The highest BCUT2D eigenvalue weighted by molar-refractivity contribution is 5.57. The smallest absolute Gasteiger partial charge is 0.396 e. The van der Waals surface area contributed by atoms with Crippen LogP contribution in [0.25, 0.3) is 0 Å². The third kappa shape index (κ3) is 4.70. The van der Waals surface area contributed by atoms with Gasteiger partial charge in [-0.25, -0.2) is 0 Å². The van der Waals surface area contributed by atoms with Crippen molar-refractivity contribution in [2.45, 2.75) is 12.6 Å². The molecule has 24 heavy (non-hydrogen) atoms. The molecule has 0 amide bonds. The average Bonchev–Trinajstić information content (AvgIpc) is 2.58. The lowest BCUT2D eigenvalue weighted by molar-refractivity contribution is -0.137. The van der Waals surface area contributed by atoms with Crippen LogP contribution in [0.4, 0.5) is 18.9 Å². The van der Waals surface area contributed by atoms with Gasteiger partial charge >= 0.3 is 6.18 Å². The molecular formula is C17H16F3N3O. The van der Waals surface area contributed by atoms with E-state index >= 15 is 0 Å². The molecule has 0 aliphatic rings. The monoisotopic (exact) mass is 335 g/mol. The van der Waals surface area contributed by atoms with Crippen molar-refractivity contribution in [1.82, 2.24) is 4.98 Å². The summed E-state index contributed by atoms with van der Waals surface area (Å²) in [5.74, 6) is -0.299.